The molecule has 0 amide bonds. The maximum atomic E-state index is 13.8. The smallest absolute Gasteiger partial charge is 0.127 e. The van der Waals surface area contributed by atoms with Gasteiger partial charge in [-0.05, 0) is 45.2 Å². The van der Waals surface area contributed by atoms with E-state index in [0.717, 1.165) is 23.4 Å². The molecule has 0 aliphatic carbocycles. The van der Waals surface area contributed by atoms with Crippen molar-refractivity contribution in [2.75, 3.05) is 0 Å². The standard InChI is InChI=1S/C16H22FN3/c1-10-5-7-15(17)14(9-10)16(18)8-6-13-11(2)19-20(4)12(13)3/h5,7,9,16H,6,8,18H2,1-4H3. The quantitative estimate of drug-likeness (QED) is 0.931. The van der Waals surface area contributed by atoms with Crippen LogP contribution in [-0.2, 0) is 13.5 Å². The van der Waals surface area contributed by atoms with Crippen LogP contribution in [0.25, 0.3) is 0 Å². The first-order chi connectivity index (χ1) is 9.40. The van der Waals surface area contributed by atoms with Gasteiger partial charge in [-0.25, -0.2) is 4.39 Å². The van der Waals surface area contributed by atoms with E-state index in [0.29, 0.717) is 12.0 Å². The Morgan fingerprint density at radius 1 is 1.30 bits per heavy atom. The third-order valence-corrected chi connectivity index (χ3v) is 3.92. The number of hydrogen-bond acceptors (Lipinski definition) is 2. The van der Waals surface area contributed by atoms with E-state index in [1.165, 1.54) is 11.6 Å². The first-order valence-corrected chi connectivity index (χ1v) is 6.91. The minimum Gasteiger partial charge on any atom is -0.324 e. The van der Waals surface area contributed by atoms with Crippen molar-refractivity contribution in [3.63, 3.8) is 0 Å². The largest absolute Gasteiger partial charge is 0.324 e. The molecule has 1 aromatic heterocycles. The molecule has 0 fully saturated rings. The van der Waals surface area contributed by atoms with E-state index in [-0.39, 0.29) is 11.9 Å². The molecule has 0 saturated heterocycles. The molecule has 1 atom stereocenters. The average Bonchev–Trinajstić information content (AvgIpc) is 2.64. The molecule has 0 bridgehead atoms. The Morgan fingerprint density at radius 2 is 2.00 bits per heavy atom. The van der Waals surface area contributed by atoms with E-state index >= 15 is 0 Å². The van der Waals surface area contributed by atoms with Crippen LogP contribution in [0.2, 0.25) is 0 Å². The molecule has 4 heteroatoms. The minimum absolute atomic E-state index is 0.220. The van der Waals surface area contributed by atoms with Crippen molar-refractivity contribution in [3.8, 4) is 0 Å². The molecule has 0 radical (unpaired) electrons. The van der Waals surface area contributed by atoms with Gasteiger partial charge in [0.2, 0.25) is 0 Å². The summed E-state index contributed by atoms with van der Waals surface area (Å²) >= 11 is 0. The Balaban J connectivity index is 2.12. The van der Waals surface area contributed by atoms with Crippen LogP contribution < -0.4 is 5.73 Å². The lowest BCUT2D eigenvalue weighted by atomic mass is 9.97. The van der Waals surface area contributed by atoms with Crippen LogP contribution >= 0.6 is 0 Å². The van der Waals surface area contributed by atoms with Gasteiger partial charge in [0.05, 0.1) is 5.69 Å². The maximum Gasteiger partial charge on any atom is 0.127 e. The molecular weight excluding hydrogens is 253 g/mol. The molecule has 1 heterocycles. The zero-order valence-electron chi connectivity index (χ0n) is 12.6. The molecule has 2 aromatic rings. The molecule has 0 saturated carbocycles. The van der Waals surface area contributed by atoms with E-state index in [1.807, 2.05) is 38.6 Å². The number of aryl methyl sites for hydroxylation is 3. The Kier molecular flexibility index (Phi) is 4.23. The lowest BCUT2D eigenvalue weighted by molar-refractivity contribution is 0.562. The second-order valence-corrected chi connectivity index (χ2v) is 5.44. The van der Waals surface area contributed by atoms with Gasteiger partial charge in [-0.1, -0.05) is 17.7 Å². The lowest BCUT2D eigenvalue weighted by Crippen LogP contribution is -2.13. The lowest BCUT2D eigenvalue weighted by Gasteiger charge is -2.14. The highest BCUT2D eigenvalue weighted by Crippen LogP contribution is 2.23. The van der Waals surface area contributed by atoms with E-state index in [4.69, 9.17) is 5.73 Å². The minimum atomic E-state index is -0.283. The molecule has 0 aliphatic rings. The predicted molar refractivity (Wildman–Crippen MR) is 79.1 cm³/mol. The number of benzene rings is 1. The maximum absolute atomic E-state index is 13.8. The highest BCUT2D eigenvalue weighted by molar-refractivity contribution is 5.28. The molecule has 2 N–H and O–H groups in total. The Labute approximate surface area is 119 Å². The molecule has 20 heavy (non-hydrogen) atoms. The first kappa shape index (κ1) is 14.7. The summed E-state index contributed by atoms with van der Waals surface area (Å²) in [5.74, 6) is -0.220. The number of aromatic nitrogens is 2. The number of hydrogen-bond donors (Lipinski definition) is 1. The number of halogens is 1. The molecule has 0 aliphatic heterocycles. The Hall–Kier alpha value is -1.68. The van der Waals surface area contributed by atoms with Gasteiger partial charge >= 0.3 is 0 Å². The Bertz CT molecular complexity index is 616. The van der Waals surface area contributed by atoms with Crippen LogP contribution in [0.3, 0.4) is 0 Å². The van der Waals surface area contributed by atoms with Crippen molar-refractivity contribution >= 4 is 0 Å². The topological polar surface area (TPSA) is 43.8 Å². The molecule has 1 aromatic carbocycles. The molecule has 0 spiro atoms. The van der Waals surface area contributed by atoms with Crippen molar-refractivity contribution < 1.29 is 4.39 Å². The van der Waals surface area contributed by atoms with Crippen LogP contribution in [0.4, 0.5) is 4.39 Å². The van der Waals surface area contributed by atoms with Crippen molar-refractivity contribution in [2.24, 2.45) is 12.8 Å². The molecule has 3 nitrogen and oxygen atoms in total. The van der Waals surface area contributed by atoms with Crippen LogP contribution in [0.1, 0.15) is 40.5 Å². The summed E-state index contributed by atoms with van der Waals surface area (Å²) in [5.41, 5.74) is 11.2. The molecular formula is C16H22FN3. The fraction of sp³-hybridized carbons (Fsp3) is 0.438. The average molecular weight is 275 g/mol. The number of nitrogens with two attached hydrogens (primary N) is 1. The molecule has 2 rings (SSSR count). The molecule has 1 unspecified atom stereocenters. The molecule has 108 valence electrons. The van der Waals surface area contributed by atoms with Gasteiger partial charge in [0.1, 0.15) is 5.82 Å². The van der Waals surface area contributed by atoms with Gasteiger partial charge in [-0.3, -0.25) is 4.68 Å². The summed E-state index contributed by atoms with van der Waals surface area (Å²) in [6, 6.07) is 4.81. The van der Waals surface area contributed by atoms with Crippen molar-refractivity contribution in [1.82, 2.24) is 9.78 Å². The zero-order valence-corrected chi connectivity index (χ0v) is 12.6. The zero-order chi connectivity index (χ0) is 14.9. The third kappa shape index (κ3) is 2.90. The second-order valence-electron chi connectivity index (χ2n) is 5.44. The first-order valence-electron chi connectivity index (χ1n) is 6.91. The predicted octanol–water partition coefficient (Wildman–Crippen LogP) is 3.12. The fourth-order valence-corrected chi connectivity index (χ4v) is 2.58. The van der Waals surface area contributed by atoms with Crippen LogP contribution in [0.5, 0.6) is 0 Å². The van der Waals surface area contributed by atoms with Gasteiger partial charge in [-0.15, -0.1) is 0 Å². The van der Waals surface area contributed by atoms with Gasteiger partial charge in [-0.2, -0.15) is 5.10 Å². The van der Waals surface area contributed by atoms with Crippen LogP contribution in [-0.4, -0.2) is 9.78 Å². The van der Waals surface area contributed by atoms with E-state index in [1.54, 1.807) is 6.07 Å². The number of rotatable bonds is 4. The second kappa shape index (κ2) is 5.75. The van der Waals surface area contributed by atoms with E-state index in [9.17, 15) is 4.39 Å². The van der Waals surface area contributed by atoms with E-state index < -0.39 is 0 Å². The fourth-order valence-electron chi connectivity index (χ4n) is 2.58. The van der Waals surface area contributed by atoms with Gasteiger partial charge in [0.25, 0.3) is 0 Å². The van der Waals surface area contributed by atoms with Crippen molar-refractivity contribution in [3.05, 3.63) is 52.1 Å². The summed E-state index contributed by atoms with van der Waals surface area (Å²) in [7, 11) is 1.94. The summed E-state index contributed by atoms with van der Waals surface area (Å²) < 4.78 is 15.7. The van der Waals surface area contributed by atoms with Gasteiger partial charge in [0, 0.05) is 24.3 Å². The van der Waals surface area contributed by atoms with E-state index in [2.05, 4.69) is 5.10 Å². The third-order valence-electron chi connectivity index (χ3n) is 3.92. The highest BCUT2D eigenvalue weighted by Gasteiger charge is 2.15. The highest BCUT2D eigenvalue weighted by atomic mass is 19.1. The van der Waals surface area contributed by atoms with Gasteiger partial charge < -0.3 is 5.73 Å². The SMILES string of the molecule is Cc1ccc(F)c(C(N)CCc2c(C)nn(C)c2C)c1. The summed E-state index contributed by atoms with van der Waals surface area (Å²) in [6.45, 7) is 6.00. The summed E-state index contributed by atoms with van der Waals surface area (Å²) in [6.07, 6.45) is 1.54. The summed E-state index contributed by atoms with van der Waals surface area (Å²) in [5, 5.41) is 4.39. The number of nitrogens with zero attached hydrogens (tertiary/aromatic N) is 2. The van der Waals surface area contributed by atoms with Crippen molar-refractivity contribution in [2.45, 2.75) is 39.7 Å². The monoisotopic (exact) mass is 275 g/mol. The van der Waals surface area contributed by atoms with Gasteiger partial charge in [0.15, 0.2) is 0 Å². The van der Waals surface area contributed by atoms with Crippen LogP contribution in [0.15, 0.2) is 18.2 Å². The summed E-state index contributed by atoms with van der Waals surface area (Å²) in [4.78, 5) is 0. The normalized spacial score (nSPS) is 12.7. The van der Waals surface area contributed by atoms with Crippen LogP contribution in [0, 0.1) is 26.6 Å². The Morgan fingerprint density at radius 3 is 2.60 bits per heavy atom. The van der Waals surface area contributed by atoms with Crippen molar-refractivity contribution in [1.29, 1.82) is 0 Å².